The van der Waals surface area contributed by atoms with Gasteiger partial charge in [0, 0.05) is 12.6 Å². The molecule has 1 aliphatic carbocycles. The van der Waals surface area contributed by atoms with Crippen molar-refractivity contribution in [2.45, 2.75) is 31.2 Å². The molecule has 4 heteroatoms. The Morgan fingerprint density at radius 2 is 2.28 bits per heavy atom. The van der Waals surface area contributed by atoms with Crippen molar-refractivity contribution in [1.29, 1.82) is 0 Å². The van der Waals surface area contributed by atoms with E-state index in [1.54, 1.807) is 7.11 Å². The predicted octanol–water partition coefficient (Wildman–Crippen LogP) is 2.01. The van der Waals surface area contributed by atoms with Crippen molar-refractivity contribution >= 4 is 5.97 Å². The van der Waals surface area contributed by atoms with Crippen LogP contribution >= 0.6 is 0 Å². The molecule has 2 rings (SSSR count). The number of methoxy groups -OCH3 is 1. The Morgan fingerprint density at radius 3 is 2.94 bits per heavy atom. The molecule has 0 bridgehead atoms. The van der Waals surface area contributed by atoms with Crippen LogP contribution in [0.3, 0.4) is 0 Å². The van der Waals surface area contributed by atoms with Crippen molar-refractivity contribution in [3.8, 4) is 5.75 Å². The number of carboxylic acid groups (broad SMARTS) is 1. The maximum Gasteiger partial charge on any atom is 0.304 e. The van der Waals surface area contributed by atoms with E-state index >= 15 is 0 Å². The molecule has 0 amide bonds. The Kier molecular flexibility index (Phi) is 4.20. The highest BCUT2D eigenvalue weighted by Gasteiger charge is 2.29. The number of carboxylic acids is 1. The molecule has 1 aromatic rings. The molecule has 1 aliphatic rings. The lowest BCUT2D eigenvalue weighted by atomic mass is 9.76. The number of carbonyl (C=O) groups is 1. The summed E-state index contributed by atoms with van der Waals surface area (Å²) in [6.45, 7) is 0.560. The van der Waals surface area contributed by atoms with Gasteiger partial charge in [-0.3, -0.25) is 4.79 Å². The maximum absolute atomic E-state index is 10.4. The van der Waals surface area contributed by atoms with Gasteiger partial charge in [-0.2, -0.15) is 0 Å². The molecule has 0 radical (unpaired) electrons. The van der Waals surface area contributed by atoms with Crippen LogP contribution in [0.5, 0.6) is 5.75 Å². The van der Waals surface area contributed by atoms with Crippen molar-refractivity contribution < 1.29 is 14.6 Å². The summed E-state index contributed by atoms with van der Waals surface area (Å²) in [7, 11) is 1.68. The lowest BCUT2D eigenvalue weighted by Gasteiger charge is -2.36. The van der Waals surface area contributed by atoms with Crippen molar-refractivity contribution in [1.82, 2.24) is 5.32 Å². The van der Waals surface area contributed by atoms with Crippen LogP contribution in [0.15, 0.2) is 24.3 Å². The van der Waals surface area contributed by atoms with Gasteiger partial charge < -0.3 is 15.2 Å². The van der Waals surface area contributed by atoms with E-state index in [1.807, 2.05) is 12.1 Å². The van der Waals surface area contributed by atoms with E-state index in [-0.39, 0.29) is 6.42 Å². The Bertz CT molecular complexity index is 413. The summed E-state index contributed by atoms with van der Waals surface area (Å²) in [6.07, 6.45) is 2.35. The van der Waals surface area contributed by atoms with E-state index in [2.05, 4.69) is 17.4 Å². The third-order valence-corrected chi connectivity index (χ3v) is 3.48. The first-order valence-electron chi connectivity index (χ1n) is 6.28. The Labute approximate surface area is 107 Å². The van der Waals surface area contributed by atoms with Crippen LogP contribution in [-0.2, 0) is 4.79 Å². The van der Waals surface area contributed by atoms with Gasteiger partial charge in [0.05, 0.1) is 13.5 Å². The summed E-state index contributed by atoms with van der Waals surface area (Å²) in [5.41, 5.74) is 1.31. The van der Waals surface area contributed by atoms with E-state index in [4.69, 9.17) is 9.84 Å². The molecule has 0 atom stereocenters. The van der Waals surface area contributed by atoms with E-state index in [0.717, 1.165) is 18.6 Å². The van der Waals surface area contributed by atoms with E-state index in [9.17, 15) is 4.79 Å². The van der Waals surface area contributed by atoms with Gasteiger partial charge in [-0.15, -0.1) is 0 Å². The second-order valence-electron chi connectivity index (χ2n) is 4.74. The SMILES string of the molecule is COc1cccc(C2CC(NCCC(=O)O)C2)c1. The molecule has 98 valence electrons. The zero-order chi connectivity index (χ0) is 13.0. The highest BCUT2D eigenvalue weighted by atomic mass is 16.5. The average Bonchev–Trinajstić information content (AvgIpc) is 2.31. The summed E-state index contributed by atoms with van der Waals surface area (Å²) >= 11 is 0. The van der Waals surface area contributed by atoms with Crippen LogP contribution in [0.25, 0.3) is 0 Å². The first kappa shape index (κ1) is 12.9. The minimum absolute atomic E-state index is 0.195. The second kappa shape index (κ2) is 5.87. The summed E-state index contributed by atoms with van der Waals surface area (Å²) in [6, 6.07) is 8.63. The topological polar surface area (TPSA) is 58.6 Å². The molecule has 0 spiro atoms. The van der Waals surface area contributed by atoms with Gasteiger partial charge in [-0.05, 0) is 36.5 Å². The van der Waals surface area contributed by atoms with Crippen molar-refractivity contribution in [2.24, 2.45) is 0 Å². The van der Waals surface area contributed by atoms with Gasteiger partial charge in [0.1, 0.15) is 5.75 Å². The second-order valence-corrected chi connectivity index (χ2v) is 4.74. The molecule has 1 saturated carbocycles. The third kappa shape index (κ3) is 3.23. The normalized spacial score (nSPS) is 22.3. The minimum atomic E-state index is -0.744. The molecule has 1 aromatic carbocycles. The largest absolute Gasteiger partial charge is 0.497 e. The van der Waals surface area contributed by atoms with Crippen LogP contribution in [0.1, 0.15) is 30.7 Å². The fraction of sp³-hybridized carbons (Fsp3) is 0.500. The van der Waals surface area contributed by atoms with Gasteiger partial charge in [-0.25, -0.2) is 0 Å². The first-order chi connectivity index (χ1) is 8.69. The van der Waals surface area contributed by atoms with E-state index in [1.165, 1.54) is 5.56 Å². The monoisotopic (exact) mass is 249 g/mol. The smallest absolute Gasteiger partial charge is 0.304 e. The number of ether oxygens (including phenoxy) is 1. The molecular formula is C14H19NO3. The van der Waals surface area contributed by atoms with Gasteiger partial charge in [-0.1, -0.05) is 12.1 Å². The van der Waals surface area contributed by atoms with Crippen LogP contribution in [0, 0.1) is 0 Å². The average molecular weight is 249 g/mol. The number of rotatable bonds is 6. The van der Waals surface area contributed by atoms with E-state index < -0.39 is 5.97 Å². The molecule has 0 aliphatic heterocycles. The number of hydrogen-bond acceptors (Lipinski definition) is 3. The number of benzene rings is 1. The molecule has 4 nitrogen and oxygen atoms in total. The molecule has 2 N–H and O–H groups in total. The van der Waals surface area contributed by atoms with Gasteiger partial charge >= 0.3 is 5.97 Å². The molecule has 1 fully saturated rings. The Morgan fingerprint density at radius 1 is 1.50 bits per heavy atom. The summed E-state index contributed by atoms with van der Waals surface area (Å²) in [5, 5.41) is 11.8. The molecule has 0 unspecified atom stereocenters. The maximum atomic E-state index is 10.4. The summed E-state index contributed by atoms with van der Waals surface area (Å²) < 4.78 is 5.21. The molecule has 0 saturated heterocycles. The molecule has 0 aromatic heterocycles. The first-order valence-corrected chi connectivity index (χ1v) is 6.28. The minimum Gasteiger partial charge on any atom is -0.497 e. The van der Waals surface area contributed by atoms with Gasteiger partial charge in [0.15, 0.2) is 0 Å². The fourth-order valence-corrected chi connectivity index (χ4v) is 2.34. The van der Waals surface area contributed by atoms with Gasteiger partial charge in [0.25, 0.3) is 0 Å². The van der Waals surface area contributed by atoms with Crippen LogP contribution in [0.4, 0.5) is 0 Å². The van der Waals surface area contributed by atoms with Crippen molar-refractivity contribution in [2.75, 3.05) is 13.7 Å². The Hall–Kier alpha value is -1.55. The molecule has 18 heavy (non-hydrogen) atoms. The molecular weight excluding hydrogens is 230 g/mol. The number of nitrogens with one attached hydrogen (secondary N) is 1. The third-order valence-electron chi connectivity index (χ3n) is 3.48. The number of aliphatic carboxylic acids is 1. The van der Waals surface area contributed by atoms with Crippen LogP contribution in [0.2, 0.25) is 0 Å². The lowest BCUT2D eigenvalue weighted by Crippen LogP contribution is -2.40. The van der Waals surface area contributed by atoms with Crippen molar-refractivity contribution in [3.05, 3.63) is 29.8 Å². The van der Waals surface area contributed by atoms with Crippen molar-refractivity contribution in [3.63, 3.8) is 0 Å². The highest BCUT2D eigenvalue weighted by Crippen LogP contribution is 2.37. The summed E-state index contributed by atoms with van der Waals surface area (Å²) in [5.74, 6) is 0.725. The van der Waals surface area contributed by atoms with E-state index in [0.29, 0.717) is 18.5 Å². The zero-order valence-electron chi connectivity index (χ0n) is 10.6. The number of hydrogen-bond donors (Lipinski definition) is 2. The van der Waals surface area contributed by atoms with Gasteiger partial charge in [0.2, 0.25) is 0 Å². The highest BCUT2D eigenvalue weighted by molar-refractivity contribution is 5.66. The predicted molar refractivity (Wildman–Crippen MR) is 69.0 cm³/mol. The summed E-state index contributed by atoms with van der Waals surface area (Å²) in [4.78, 5) is 10.4. The molecule has 0 heterocycles. The standard InChI is InChI=1S/C14H19NO3/c1-18-13-4-2-3-10(9-13)11-7-12(8-11)15-6-5-14(16)17/h2-4,9,11-12,15H,5-8H2,1H3,(H,16,17). The zero-order valence-corrected chi connectivity index (χ0v) is 10.6. The lowest BCUT2D eigenvalue weighted by molar-refractivity contribution is -0.136. The quantitative estimate of drug-likeness (QED) is 0.809. The van der Waals surface area contributed by atoms with Crippen LogP contribution < -0.4 is 10.1 Å². The van der Waals surface area contributed by atoms with Crippen LogP contribution in [-0.4, -0.2) is 30.8 Å². The fourth-order valence-electron chi connectivity index (χ4n) is 2.34. The Balaban J connectivity index is 1.76.